The van der Waals surface area contributed by atoms with E-state index < -0.39 is 0 Å². The molecule has 0 bridgehead atoms. The van der Waals surface area contributed by atoms with E-state index in [1.807, 2.05) is 38.1 Å². The van der Waals surface area contributed by atoms with Crippen LogP contribution in [-0.2, 0) is 13.0 Å². The maximum absolute atomic E-state index is 12.3. The molecule has 0 aliphatic heterocycles. The summed E-state index contributed by atoms with van der Waals surface area (Å²) in [5.74, 6) is 0.742. The molecule has 0 unspecified atom stereocenters. The van der Waals surface area contributed by atoms with Crippen molar-refractivity contribution in [1.82, 2.24) is 10.1 Å². The Labute approximate surface area is 124 Å². The topological polar surface area (TPSA) is 58.4 Å². The highest BCUT2D eigenvalue weighted by Gasteiger charge is 2.14. The monoisotopic (exact) mass is 287 g/mol. The van der Waals surface area contributed by atoms with Crippen molar-refractivity contribution in [3.63, 3.8) is 0 Å². The van der Waals surface area contributed by atoms with Crippen molar-refractivity contribution in [2.45, 2.75) is 33.7 Å². The number of amides is 2. The second-order valence-corrected chi connectivity index (χ2v) is 5.18. The van der Waals surface area contributed by atoms with Gasteiger partial charge in [0.2, 0.25) is 0 Å². The first-order valence-electron chi connectivity index (χ1n) is 7.04. The summed E-state index contributed by atoms with van der Waals surface area (Å²) in [5, 5.41) is 6.88. The highest BCUT2D eigenvalue weighted by Crippen LogP contribution is 2.21. The molecule has 0 fully saturated rings. The SMILES string of the molecule is CCc1cccc(C)c1NC(=O)N(C)Cc1cc(C)on1. The van der Waals surface area contributed by atoms with Crippen molar-refractivity contribution in [2.75, 3.05) is 12.4 Å². The Morgan fingerprint density at radius 1 is 1.38 bits per heavy atom. The number of urea groups is 1. The summed E-state index contributed by atoms with van der Waals surface area (Å²) >= 11 is 0. The summed E-state index contributed by atoms with van der Waals surface area (Å²) in [5.41, 5.74) is 3.83. The highest BCUT2D eigenvalue weighted by molar-refractivity contribution is 5.90. The largest absolute Gasteiger partial charge is 0.361 e. The van der Waals surface area contributed by atoms with E-state index in [-0.39, 0.29) is 6.03 Å². The third kappa shape index (κ3) is 3.62. The van der Waals surface area contributed by atoms with Crippen LogP contribution < -0.4 is 5.32 Å². The van der Waals surface area contributed by atoms with E-state index in [9.17, 15) is 4.79 Å². The second kappa shape index (κ2) is 6.43. The number of nitrogens with zero attached hydrogens (tertiary/aromatic N) is 2. The predicted molar refractivity (Wildman–Crippen MR) is 82.3 cm³/mol. The molecule has 0 radical (unpaired) electrons. The fraction of sp³-hybridized carbons (Fsp3) is 0.375. The van der Waals surface area contributed by atoms with Gasteiger partial charge in [0.15, 0.2) is 0 Å². The molecule has 5 nitrogen and oxygen atoms in total. The van der Waals surface area contributed by atoms with Crippen LogP contribution in [0.2, 0.25) is 0 Å². The molecule has 0 saturated carbocycles. The van der Waals surface area contributed by atoms with E-state index in [2.05, 4.69) is 17.4 Å². The summed E-state index contributed by atoms with van der Waals surface area (Å²) in [6.07, 6.45) is 0.878. The molecular formula is C16H21N3O2. The maximum Gasteiger partial charge on any atom is 0.321 e. The summed E-state index contributed by atoms with van der Waals surface area (Å²) in [6.45, 7) is 6.32. The zero-order valence-corrected chi connectivity index (χ0v) is 12.9. The molecule has 0 spiro atoms. The van der Waals surface area contributed by atoms with E-state index in [4.69, 9.17) is 4.52 Å². The number of nitrogens with one attached hydrogen (secondary N) is 1. The molecule has 2 aromatic rings. The Morgan fingerprint density at radius 2 is 2.14 bits per heavy atom. The third-order valence-electron chi connectivity index (χ3n) is 3.39. The number of carbonyl (C=O) groups is 1. The molecule has 5 heteroatoms. The number of benzene rings is 1. The first-order chi connectivity index (χ1) is 10.0. The number of hydrogen-bond acceptors (Lipinski definition) is 3. The minimum Gasteiger partial charge on any atom is -0.361 e. The molecular weight excluding hydrogens is 266 g/mol. The van der Waals surface area contributed by atoms with Crippen molar-refractivity contribution in [2.24, 2.45) is 0 Å². The quantitative estimate of drug-likeness (QED) is 0.936. The maximum atomic E-state index is 12.3. The third-order valence-corrected chi connectivity index (χ3v) is 3.39. The molecule has 1 heterocycles. The van der Waals surface area contributed by atoms with Gasteiger partial charge in [-0.1, -0.05) is 30.3 Å². The van der Waals surface area contributed by atoms with E-state index in [1.54, 1.807) is 11.9 Å². The van der Waals surface area contributed by atoms with Gasteiger partial charge in [-0.3, -0.25) is 0 Å². The Bertz CT molecular complexity index is 634. The van der Waals surface area contributed by atoms with Gasteiger partial charge in [0.05, 0.1) is 6.54 Å². The number of rotatable bonds is 4. The van der Waals surface area contributed by atoms with Crippen LogP contribution in [0, 0.1) is 13.8 Å². The van der Waals surface area contributed by atoms with Gasteiger partial charge >= 0.3 is 6.03 Å². The van der Waals surface area contributed by atoms with Crippen molar-refractivity contribution in [3.05, 3.63) is 46.8 Å². The molecule has 1 aromatic heterocycles. The lowest BCUT2D eigenvalue weighted by Crippen LogP contribution is -2.31. The van der Waals surface area contributed by atoms with Gasteiger partial charge in [-0.15, -0.1) is 0 Å². The smallest absolute Gasteiger partial charge is 0.321 e. The molecule has 21 heavy (non-hydrogen) atoms. The Balaban J connectivity index is 2.07. The first kappa shape index (κ1) is 15.1. The van der Waals surface area contributed by atoms with Gasteiger partial charge in [0, 0.05) is 18.8 Å². The van der Waals surface area contributed by atoms with Gasteiger partial charge in [0.1, 0.15) is 11.5 Å². The van der Waals surface area contributed by atoms with Gasteiger partial charge < -0.3 is 14.7 Å². The van der Waals surface area contributed by atoms with Crippen LogP contribution >= 0.6 is 0 Å². The van der Waals surface area contributed by atoms with Crippen LogP contribution in [0.25, 0.3) is 0 Å². The van der Waals surface area contributed by atoms with Crippen LogP contribution in [0.15, 0.2) is 28.8 Å². The minimum absolute atomic E-state index is 0.153. The van der Waals surface area contributed by atoms with Crippen molar-refractivity contribution >= 4 is 11.7 Å². The number of hydrogen-bond donors (Lipinski definition) is 1. The number of aromatic nitrogens is 1. The zero-order valence-electron chi connectivity index (χ0n) is 12.9. The molecule has 0 aliphatic rings. The van der Waals surface area contributed by atoms with E-state index in [0.717, 1.165) is 34.7 Å². The average Bonchev–Trinajstić information content (AvgIpc) is 2.86. The second-order valence-electron chi connectivity index (χ2n) is 5.18. The summed E-state index contributed by atoms with van der Waals surface area (Å²) in [7, 11) is 1.74. The number of carbonyl (C=O) groups excluding carboxylic acids is 1. The summed E-state index contributed by atoms with van der Waals surface area (Å²) in [4.78, 5) is 13.9. The Morgan fingerprint density at radius 3 is 2.76 bits per heavy atom. The van der Waals surface area contributed by atoms with E-state index in [0.29, 0.717) is 6.54 Å². The lowest BCUT2D eigenvalue weighted by molar-refractivity contribution is 0.219. The van der Waals surface area contributed by atoms with Crippen molar-refractivity contribution in [1.29, 1.82) is 0 Å². The molecule has 2 rings (SSSR count). The van der Waals surface area contributed by atoms with Crippen LogP contribution in [0.4, 0.5) is 10.5 Å². The standard InChI is InChI=1S/C16H21N3O2/c1-5-13-8-6-7-11(2)15(13)17-16(20)19(4)10-14-9-12(3)21-18-14/h6-9H,5,10H2,1-4H3,(H,17,20). The lowest BCUT2D eigenvalue weighted by atomic mass is 10.1. The molecule has 1 N–H and O–H groups in total. The average molecular weight is 287 g/mol. The number of para-hydroxylation sites is 1. The number of anilines is 1. The summed E-state index contributed by atoms with van der Waals surface area (Å²) in [6, 6.07) is 7.71. The lowest BCUT2D eigenvalue weighted by Gasteiger charge is -2.19. The normalized spacial score (nSPS) is 10.5. The fourth-order valence-corrected chi connectivity index (χ4v) is 2.21. The molecule has 0 atom stereocenters. The van der Waals surface area contributed by atoms with Crippen molar-refractivity contribution < 1.29 is 9.32 Å². The van der Waals surface area contributed by atoms with Crippen LogP contribution in [0.1, 0.15) is 29.5 Å². The number of aryl methyl sites for hydroxylation is 3. The Hall–Kier alpha value is -2.30. The minimum atomic E-state index is -0.153. The predicted octanol–water partition coefficient (Wildman–Crippen LogP) is 3.52. The summed E-state index contributed by atoms with van der Waals surface area (Å²) < 4.78 is 5.01. The molecule has 2 amide bonds. The molecule has 0 saturated heterocycles. The zero-order chi connectivity index (χ0) is 15.4. The van der Waals surface area contributed by atoms with Crippen LogP contribution in [-0.4, -0.2) is 23.1 Å². The van der Waals surface area contributed by atoms with Gasteiger partial charge in [-0.25, -0.2) is 4.79 Å². The van der Waals surface area contributed by atoms with Crippen LogP contribution in [0.5, 0.6) is 0 Å². The Kier molecular flexibility index (Phi) is 4.62. The van der Waals surface area contributed by atoms with Crippen molar-refractivity contribution in [3.8, 4) is 0 Å². The highest BCUT2D eigenvalue weighted by atomic mass is 16.5. The molecule has 112 valence electrons. The van der Waals surface area contributed by atoms with Gasteiger partial charge in [0.25, 0.3) is 0 Å². The van der Waals surface area contributed by atoms with Gasteiger partial charge in [-0.2, -0.15) is 0 Å². The van der Waals surface area contributed by atoms with Gasteiger partial charge in [-0.05, 0) is 31.4 Å². The van der Waals surface area contributed by atoms with E-state index >= 15 is 0 Å². The molecule has 0 aliphatic carbocycles. The fourth-order valence-electron chi connectivity index (χ4n) is 2.21. The van der Waals surface area contributed by atoms with E-state index in [1.165, 1.54) is 0 Å². The molecule has 1 aromatic carbocycles. The first-order valence-corrected chi connectivity index (χ1v) is 7.04. The van der Waals surface area contributed by atoms with Crippen LogP contribution in [0.3, 0.4) is 0 Å².